The lowest BCUT2D eigenvalue weighted by Crippen LogP contribution is -2.28. The van der Waals surface area contributed by atoms with Gasteiger partial charge in [0, 0.05) is 55.1 Å². The highest BCUT2D eigenvalue weighted by molar-refractivity contribution is 6.00. The molecule has 1 amide bonds. The molecule has 3 N–H and O–H groups in total. The van der Waals surface area contributed by atoms with Crippen LogP contribution >= 0.6 is 0 Å². The monoisotopic (exact) mass is 285 g/mol. The smallest absolute Gasteiger partial charge is 0.251 e. The van der Waals surface area contributed by atoms with Gasteiger partial charge in [0.05, 0.1) is 0 Å². The van der Waals surface area contributed by atoms with Crippen molar-refractivity contribution in [3.05, 3.63) is 35.0 Å². The lowest BCUT2D eigenvalue weighted by Gasteiger charge is -2.12. The van der Waals surface area contributed by atoms with Crippen molar-refractivity contribution in [3.63, 3.8) is 0 Å². The van der Waals surface area contributed by atoms with Crippen molar-refractivity contribution in [2.75, 3.05) is 13.1 Å². The van der Waals surface area contributed by atoms with Crippen molar-refractivity contribution in [2.24, 2.45) is 12.8 Å². The molecule has 110 valence electrons. The van der Waals surface area contributed by atoms with E-state index < -0.39 is 0 Å². The van der Waals surface area contributed by atoms with Gasteiger partial charge in [0.2, 0.25) is 0 Å². The topological polar surface area (TPSA) is 77.1 Å². The number of nitrogens with one attached hydrogen (secondary N) is 1. The Morgan fingerprint density at radius 2 is 2.19 bits per heavy atom. The van der Waals surface area contributed by atoms with Crippen molar-refractivity contribution in [3.8, 4) is 0 Å². The summed E-state index contributed by atoms with van der Waals surface area (Å²) in [4.78, 5) is 23.8. The third-order valence-electron chi connectivity index (χ3n) is 4.14. The van der Waals surface area contributed by atoms with Gasteiger partial charge in [-0.1, -0.05) is 0 Å². The van der Waals surface area contributed by atoms with Crippen molar-refractivity contribution in [2.45, 2.75) is 19.3 Å². The van der Waals surface area contributed by atoms with E-state index in [0.717, 1.165) is 22.9 Å². The molecule has 0 unspecified atom stereocenters. The summed E-state index contributed by atoms with van der Waals surface area (Å²) < 4.78 is 2.14. The van der Waals surface area contributed by atoms with Crippen LogP contribution in [0.2, 0.25) is 0 Å². The molecule has 0 fully saturated rings. The number of rotatable bonds is 3. The summed E-state index contributed by atoms with van der Waals surface area (Å²) in [6.07, 6.45) is 1.87. The van der Waals surface area contributed by atoms with Crippen LogP contribution in [-0.4, -0.2) is 29.3 Å². The number of nitrogens with two attached hydrogens (primary N) is 1. The van der Waals surface area contributed by atoms with Gasteiger partial charge < -0.3 is 15.6 Å². The Morgan fingerprint density at radius 3 is 2.95 bits per heavy atom. The molecule has 1 aromatic heterocycles. The van der Waals surface area contributed by atoms with Crippen molar-refractivity contribution in [1.29, 1.82) is 0 Å². The number of hydrogen-bond acceptors (Lipinski definition) is 3. The van der Waals surface area contributed by atoms with E-state index in [2.05, 4.69) is 9.88 Å². The largest absolute Gasteiger partial charge is 0.351 e. The Kier molecular flexibility index (Phi) is 3.51. The van der Waals surface area contributed by atoms with Crippen LogP contribution in [0.25, 0.3) is 10.9 Å². The molecule has 0 atom stereocenters. The fourth-order valence-electron chi connectivity index (χ4n) is 3.06. The summed E-state index contributed by atoms with van der Waals surface area (Å²) >= 11 is 0. The maximum atomic E-state index is 12.0. The number of carbonyl (C=O) groups excluding carboxylic acids is 2. The van der Waals surface area contributed by atoms with Crippen LogP contribution in [0, 0.1) is 0 Å². The number of hydrogen-bond donors (Lipinski definition) is 2. The number of nitrogens with zero attached hydrogens (tertiary/aromatic N) is 1. The Morgan fingerprint density at radius 1 is 1.38 bits per heavy atom. The number of amides is 1. The first-order valence-corrected chi connectivity index (χ1v) is 7.22. The molecule has 0 saturated heterocycles. The summed E-state index contributed by atoms with van der Waals surface area (Å²) in [5.74, 6) is 0.148. The highest BCUT2D eigenvalue weighted by Crippen LogP contribution is 2.30. The molecule has 0 saturated carbocycles. The van der Waals surface area contributed by atoms with Crippen molar-refractivity contribution >= 4 is 22.6 Å². The van der Waals surface area contributed by atoms with Crippen LogP contribution < -0.4 is 11.1 Å². The molecular weight excluding hydrogens is 266 g/mol. The van der Waals surface area contributed by atoms with E-state index in [1.807, 2.05) is 25.2 Å². The number of benzene rings is 1. The van der Waals surface area contributed by atoms with E-state index in [1.165, 1.54) is 5.69 Å². The molecule has 5 nitrogen and oxygen atoms in total. The zero-order valence-corrected chi connectivity index (χ0v) is 12.1. The van der Waals surface area contributed by atoms with Gasteiger partial charge in [0.25, 0.3) is 5.91 Å². The Labute approximate surface area is 123 Å². The number of fused-ring (bicyclic) bond motifs is 3. The summed E-state index contributed by atoms with van der Waals surface area (Å²) in [5.41, 5.74) is 9.38. The zero-order valence-electron chi connectivity index (χ0n) is 12.1. The van der Waals surface area contributed by atoms with Crippen LogP contribution in [0.5, 0.6) is 0 Å². The molecule has 1 aliphatic rings. The second-order valence-corrected chi connectivity index (χ2v) is 5.48. The van der Waals surface area contributed by atoms with Gasteiger partial charge in [-0.3, -0.25) is 9.59 Å². The first-order chi connectivity index (χ1) is 10.1. The van der Waals surface area contributed by atoms with E-state index in [9.17, 15) is 9.59 Å². The Balaban J connectivity index is 2.07. The van der Waals surface area contributed by atoms with Gasteiger partial charge >= 0.3 is 0 Å². The molecule has 1 aliphatic carbocycles. The number of aryl methyl sites for hydroxylation is 1. The SMILES string of the molecule is Cn1c2c(c3cc(C(=O)NCCN)ccc31)CC(=O)CC2. The summed E-state index contributed by atoms with van der Waals surface area (Å²) in [6.45, 7) is 0.880. The van der Waals surface area contributed by atoms with E-state index in [0.29, 0.717) is 31.5 Å². The molecule has 21 heavy (non-hydrogen) atoms. The highest BCUT2D eigenvalue weighted by Gasteiger charge is 2.23. The average Bonchev–Trinajstić information content (AvgIpc) is 2.77. The third kappa shape index (κ3) is 2.34. The molecule has 0 radical (unpaired) electrons. The number of Topliss-reactive ketones (excluding diaryl/α,β-unsaturated/α-hetero) is 1. The van der Waals surface area contributed by atoms with Crippen molar-refractivity contribution < 1.29 is 9.59 Å². The molecule has 1 aromatic carbocycles. The highest BCUT2D eigenvalue weighted by atomic mass is 16.1. The average molecular weight is 285 g/mol. The maximum Gasteiger partial charge on any atom is 0.251 e. The van der Waals surface area contributed by atoms with Crippen LogP contribution in [0.15, 0.2) is 18.2 Å². The molecule has 5 heteroatoms. The third-order valence-corrected chi connectivity index (χ3v) is 4.14. The van der Waals surface area contributed by atoms with Crippen LogP contribution in [-0.2, 0) is 24.7 Å². The minimum Gasteiger partial charge on any atom is -0.351 e. The molecule has 0 bridgehead atoms. The fraction of sp³-hybridized carbons (Fsp3) is 0.375. The van der Waals surface area contributed by atoms with E-state index in [-0.39, 0.29) is 11.7 Å². The second kappa shape index (κ2) is 5.33. The van der Waals surface area contributed by atoms with Gasteiger partial charge in [-0.25, -0.2) is 0 Å². The Hall–Kier alpha value is -2.14. The fourth-order valence-corrected chi connectivity index (χ4v) is 3.06. The first kappa shape index (κ1) is 13.8. The molecule has 0 aliphatic heterocycles. The number of ketones is 1. The van der Waals surface area contributed by atoms with Gasteiger partial charge in [0.1, 0.15) is 5.78 Å². The second-order valence-electron chi connectivity index (χ2n) is 5.48. The summed E-state index contributed by atoms with van der Waals surface area (Å²) in [5, 5.41) is 3.79. The summed E-state index contributed by atoms with van der Waals surface area (Å²) in [7, 11) is 2.02. The van der Waals surface area contributed by atoms with Crippen LogP contribution in [0.4, 0.5) is 0 Å². The zero-order chi connectivity index (χ0) is 15.0. The van der Waals surface area contributed by atoms with Gasteiger partial charge in [-0.05, 0) is 30.2 Å². The minimum atomic E-state index is -0.123. The quantitative estimate of drug-likeness (QED) is 0.880. The van der Waals surface area contributed by atoms with Crippen molar-refractivity contribution in [1.82, 2.24) is 9.88 Å². The lowest BCUT2D eigenvalue weighted by atomic mass is 9.94. The van der Waals surface area contributed by atoms with E-state index in [1.54, 1.807) is 0 Å². The predicted octanol–water partition coefficient (Wildman–Crippen LogP) is 0.925. The molecule has 0 spiro atoms. The van der Waals surface area contributed by atoms with E-state index >= 15 is 0 Å². The van der Waals surface area contributed by atoms with Gasteiger partial charge in [-0.15, -0.1) is 0 Å². The molecular formula is C16H19N3O2. The summed E-state index contributed by atoms with van der Waals surface area (Å²) in [6, 6.07) is 5.66. The number of carbonyl (C=O) groups is 2. The Bertz CT molecular complexity index is 731. The van der Waals surface area contributed by atoms with Gasteiger partial charge in [0.15, 0.2) is 0 Å². The van der Waals surface area contributed by atoms with Gasteiger partial charge in [-0.2, -0.15) is 0 Å². The molecule has 2 aromatic rings. The molecule has 3 rings (SSSR count). The maximum absolute atomic E-state index is 12.0. The predicted molar refractivity (Wildman–Crippen MR) is 81.3 cm³/mol. The normalized spacial score (nSPS) is 14.3. The minimum absolute atomic E-state index is 0.123. The van der Waals surface area contributed by atoms with E-state index in [4.69, 9.17) is 5.73 Å². The molecule has 1 heterocycles. The van der Waals surface area contributed by atoms with Crippen LogP contribution in [0.3, 0.4) is 0 Å². The standard InChI is InChI=1S/C16H19N3O2/c1-19-14-4-2-10(16(21)18-7-6-17)8-12(14)13-9-11(20)3-5-15(13)19/h2,4,8H,3,5-7,9,17H2,1H3,(H,18,21). The first-order valence-electron chi connectivity index (χ1n) is 7.22. The lowest BCUT2D eigenvalue weighted by molar-refractivity contribution is -0.118. The number of aromatic nitrogens is 1. The van der Waals surface area contributed by atoms with Crippen LogP contribution in [0.1, 0.15) is 28.0 Å².